The summed E-state index contributed by atoms with van der Waals surface area (Å²) in [7, 11) is 0. The average molecular weight is 447 g/mol. The van der Waals surface area contributed by atoms with Gasteiger partial charge in [0.25, 0.3) is 5.91 Å². The van der Waals surface area contributed by atoms with Crippen LogP contribution in [0.2, 0.25) is 5.02 Å². The molecule has 1 unspecified atom stereocenters. The monoisotopic (exact) mass is 445 g/mol. The fourth-order valence-corrected chi connectivity index (χ4v) is 4.00. The third-order valence-electron chi connectivity index (χ3n) is 4.73. The zero-order valence-corrected chi connectivity index (χ0v) is 16.9. The first-order chi connectivity index (χ1) is 13.0. The zero-order valence-electron chi connectivity index (χ0n) is 14.5. The van der Waals surface area contributed by atoms with Gasteiger partial charge in [0, 0.05) is 27.2 Å². The molecule has 27 heavy (non-hydrogen) atoms. The van der Waals surface area contributed by atoms with Gasteiger partial charge < -0.3 is 10.0 Å². The molecule has 2 heterocycles. The van der Waals surface area contributed by atoms with Gasteiger partial charge in [-0.25, -0.2) is 0 Å². The average Bonchev–Trinajstić information content (AvgIpc) is 3.19. The fourth-order valence-electron chi connectivity index (χ4n) is 3.56. The van der Waals surface area contributed by atoms with Gasteiger partial charge in [-0.1, -0.05) is 46.6 Å². The first kappa shape index (κ1) is 18.1. The molecule has 1 atom stereocenters. The first-order valence-corrected chi connectivity index (χ1v) is 9.82. The van der Waals surface area contributed by atoms with E-state index in [1.54, 1.807) is 12.1 Å². The number of halogens is 2. The molecule has 0 spiro atoms. The van der Waals surface area contributed by atoms with Crippen molar-refractivity contribution in [2.45, 2.75) is 19.4 Å². The number of phenolic OH excluding ortho intramolecular Hbond substituents is 1. The van der Waals surface area contributed by atoms with Gasteiger partial charge in [0.1, 0.15) is 17.1 Å². The number of carbonyl (C=O) groups excluding carboxylic acids is 1. The summed E-state index contributed by atoms with van der Waals surface area (Å²) in [5.74, 6) is -0.00955. The van der Waals surface area contributed by atoms with Crippen LogP contribution < -0.4 is 0 Å². The molecule has 1 aliphatic heterocycles. The Morgan fingerprint density at radius 3 is 2.70 bits per heavy atom. The second-order valence-electron chi connectivity index (χ2n) is 6.47. The zero-order chi connectivity index (χ0) is 19.1. The summed E-state index contributed by atoms with van der Waals surface area (Å²) in [5, 5.41) is 18.1. The molecule has 1 amide bonds. The molecule has 0 saturated carbocycles. The number of nitrogens with zero attached hydrogens (tertiary/aromatic N) is 2. The Kier molecular flexibility index (Phi) is 4.70. The molecule has 2 N–H and O–H groups in total. The van der Waals surface area contributed by atoms with Gasteiger partial charge in [0.15, 0.2) is 0 Å². The fraction of sp³-hybridized carbons (Fsp3) is 0.200. The number of aromatic nitrogens is 2. The van der Waals surface area contributed by atoms with Crippen LogP contribution in [0.15, 0.2) is 46.9 Å². The predicted molar refractivity (Wildman–Crippen MR) is 108 cm³/mol. The third-order valence-corrected chi connectivity index (χ3v) is 5.49. The number of hydrogen-bond acceptors (Lipinski definition) is 3. The molecule has 0 aliphatic carbocycles. The Balaban J connectivity index is 1.92. The van der Waals surface area contributed by atoms with Crippen LogP contribution in [0.25, 0.3) is 11.3 Å². The van der Waals surface area contributed by atoms with E-state index in [4.69, 9.17) is 11.6 Å². The van der Waals surface area contributed by atoms with Gasteiger partial charge in [-0.3, -0.25) is 9.89 Å². The van der Waals surface area contributed by atoms with Gasteiger partial charge in [-0.15, -0.1) is 0 Å². The Morgan fingerprint density at radius 1 is 1.26 bits per heavy atom. The van der Waals surface area contributed by atoms with Gasteiger partial charge in [-0.2, -0.15) is 5.10 Å². The van der Waals surface area contributed by atoms with Gasteiger partial charge >= 0.3 is 0 Å². The standard InChI is InChI=1S/C20H17BrClN3O2/c1-2-9-25-19(11-3-5-12(21)6-4-11)16-17(23-24-18(16)20(25)27)14-10-13(22)7-8-15(14)26/h3-8,10,19,26H,2,9H2,1H3,(H,23,24). The molecule has 0 fully saturated rings. The van der Waals surface area contributed by atoms with Crippen molar-refractivity contribution in [1.82, 2.24) is 15.1 Å². The van der Waals surface area contributed by atoms with E-state index in [2.05, 4.69) is 26.1 Å². The highest BCUT2D eigenvalue weighted by atomic mass is 79.9. The van der Waals surface area contributed by atoms with Crippen LogP contribution in [-0.2, 0) is 0 Å². The third kappa shape index (κ3) is 3.03. The number of hydrogen-bond donors (Lipinski definition) is 2. The predicted octanol–water partition coefficient (Wildman–Crippen LogP) is 5.15. The minimum atomic E-state index is -0.271. The van der Waals surface area contributed by atoms with E-state index in [1.807, 2.05) is 36.1 Å². The van der Waals surface area contributed by atoms with Gasteiger partial charge in [0.2, 0.25) is 0 Å². The number of H-pyrrole nitrogens is 1. The quantitative estimate of drug-likeness (QED) is 0.582. The molecule has 1 aromatic heterocycles. The van der Waals surface area contributed by atoms with E-state index in [1.165, 1.54) is 6.07 Å². The number of benzene rings is 2. The normalized spacial score (nSPS) is 16.0. The van der Waals surface area contributed by atoms with Crippen molar-refractivity contribution in [3.05, 3.63) is 68.8 Å². The Hall–Kier alpha value is -2.31. The Labute approximate surface area is 170 Å². The molecule has 0 radical (unpaired) electrons. The molecule has 2 aromatic carbocycles. The van der Waals surface area contributed by atoms with Crippen molar-refractivity contribution in [2.24, 2.45) is 0 Å². The van der Waals surface area contributed by atoms with Gasteiger partial charge in [0.05, 0.1) is 6.04 Å². The second kappa shape index (κ2) is 7.02. The number of phenols is 1. The maximum absolute atomic E-state index is 13.0. The molecule has 7 heteroatoms. The van der Waals surface area contributed by atoms with Crippen LogP contribution in [0, 0.1) is 0 Å². The largest absolute Gasteiger partial charge is 0.507 e. The summed E-state index contributed by atoms with van der Waals surface area (Å²) in [6.07, 6.45) is 0.841. The maximum Gasteiger partial charge on any atom is 0.273 e. The SMILES string of the molecule is CCCN1C(=O)c2[nH]nc(-c3cc(Cl)ccc3O)c2C1c1ccc(Br)cc1. The number of fused-ring (bicyclic) bond motifs is 1. The van der Waals surface area contributed by atoms with E-state index in [0.717, 1.165) is 22.0 Å². The highest BCUT2D eigenvalue weighted by Gasteiger charge is 2.42. The van der Waals surface area contributed by atoms with E-state index in [0.29, 0.717) is 28.5 Å². The molecule has 5 nitrogen and oxygen atoms in total. The maximum atomic E-state index is 13.0. The van der Waals surface area contributed by atoms with E-state index < -0.39 is 0 Å². The highest BCUT2D eigenvalue weighted by molar-refractivity contribution is 9.10. The molecular formula is C20H17BrClN3O2. The molecular weight excluding hydrogens is 430 g/mol. The van der Waals surface area contributed by atoms with Crippen LogP contribution in [0.4, 0.5) is 0 Å². The molecule has 4 rings (SSSR count). The summed E-state index contributed by atoms with van der Waals surface area (Å²) < 4.78 is 0.970. The van der Waals surface area contributed by atoms with Crippen molar-refractivity contribution < 1.29 is 9.90 Å². The second-order valence-corrected chi connectivity index (χ2v) is 7.83. The number of carbonyl (C=O) groups is 1. The lowest BCUT2D eigenvalue weighted by Crippen LogP contribution is -2.30. The number of rotatable bonds is 4. The summed E-state index contributed by atoms with van der Waals surface area (Å²) in [6.45, 7) is 2.67. The lowest BCUT2D eigenvalue weighted by atomic mass is 9.95. The molecule has 0 bridgehead atoms. The lowest BCUT2D eigenvalue weighted by Gasteiger charge is -2.26. The number of aromatic hydroxyl groups is 1. The summed E-state index contributed by atoms with van der Waals surface area (Å²) in [5.41, 5.74) is 3.28. The van der Waals surface area contributed by atoms with Crippen molar-refractivity contribution in [1.29, 1.82) is 0 Å². The van der Waals surface area contributed by atoms with Crippen molar-refractivity contribution in [3.8, 4) is 17.0 Å². The topological polar surface area (TPSA) is 69.2 Å². The van der Waals surface area contributed by atoms with Crippen LogP contribution >= 0.6 is 27.5 Å². The minimum absolute atomic E-state index is 0.0737. The highest BCUT2D eigenvalue weighted by Crippen LogP contribution is 2.45. The van der Waals surface area contributed by atoms with Crippen LogP contribution in [0.1, 0.15) is 41.0 Å². The van der Waals surface area contributed by atoms with E-state index in [9.17, 15) is 9.90 Å². The minimum Gasteiger partial charge on any atom is -0.507 e. The smallest absolute Gasteiger partial charge is 0.273 e. The number of aromatic amines is 1. The molecule has 1 aliphatic rings. The molecule has 3 aromatic rings. The Bertz CT molecular complexity index is 1020. The summed E-state index contributed by atoms with van der Waals surface area (Å²) in [6, 6.07) is 12.5. The number of amides is 1. The lowest BCUT2D eigenvalue weighted by molar-refractivity contribution is 0.0744. The van der Waals surface area contributed by atoms with E-state index >= 15 is 0 Å². The summed E-state index contributed by atoms with van der Waals surface area (Å²) in [4.78, 5) is 14.8. The first-order valence-electron chi connectivity index (χ1n) is 8.64. The van der Waals surface area contributed by atoms with Gasteiger partial charge in [-0.05, 0) is 42.3 Å². The van der Waals surface area contributed by atoms with Crippen LogP contribution in [0.5, 0.6) is 5.75 Å². The molecule has 0 saturated heterocycles. The van der Waals surface area contributed by atoms with Crippen molar-refractivity contribution in [3.63, 3.8) is 0 Å². The van der Waals surface area contributed by atoms with Crippen molar-refractivity contribution >= 4 is 33.4 Å². The summed E-state index contributed by atoms with van der Waals surface area (Å²) >= 11 is 9.59. The van der Waals surface area contributed by atoms with Crippen LogP contribution in [-0.4, -0.2) is 32.7 Å². The van der Waals surface area contributed by atoms with E-state index in [-0.39, 0.29) is 17.7 Å². The Morgan fingerprint density at radius 2 is 2.00 bits per heavy atom. The van der Waals surface area contributed by atoms with Crippen molar-refractivity contribution in [2.75, 3.05) is 6.54 Å². The van der Waals surface area contributed by atoms with Crippen LogP contribution in [0.3, 0.4) is 0 Å². The molecule has 138 valence electrons. The number of nitrogens with one attached hydrogen (secondary N) is 1.